The molecule has 0 saturated carbocycles. The van der Waals surface area contributed by atoms with Crippen molar-refractivity contribution in [1.29, 1.82) is 0 Å². The average Bonchev–Trinajstić information content (AvgIpc) is 2.20. The molecule has 0 spiro atoms. The van der Waals surface area contributed by atoms with Crippen LogP contribution >= 0.6 is 0 Å². The smallest absolute Gasteiger partial charge is 0.100 e. The second-order valence-electron chi connectivity index (χ2n) is 3.28. The van der Waals surface area contributed by atoms with Crippen LogP contribution in [0.25, 0.3) is 0 Å². The summed E-state index contributed by atoms with van der Waals surface area (Å²) in [5.74, 6) is 0. The van der Waals surface area contributed by atoms with Crippen LogP contribution in [-0.2, 0) is 11.3 Å². The summed E-state index contributed by atoms with van der Waals surface area (Å²) in [6.07, 6.45) is -0.779. The first-order valence-electron chi connectivity index (χ1n) is 4.65. The van der Waals surface area contributed by atoms with Gasteiger partial charge in [-0.3, -0.25) is 0 Å². The molecule has 78 valence electrons. The minimum atomic E-state index is -0.779. The lowest BCUT2D eigenvalue weighted by Crippen LogP contribution is -2.19. The Kier molecular flexibility index (Phi) is 4.59. The number of benzene rings is 1. The van der Waals surface area contributed by atoms with Crippen LogP contribution < -0.4 is 0 Å². The summed E-state index contributed by atoms with van der Waals surface area (Å²) >= 11 is 0. The van der Waals surface area contributed by atoms with Crippen LogP contribution in [0, 0.1) is 6.92 Å². The fraction of sp³-hybridized carbons (Fsp3) is 0.455. The third-order valence-corrected chi connectivity index (χ3v) is 2.04. The van der Waals surface area contributed by atoms with E-state index in [-0.39, 0.29) is 13.2 Å². The van der Waals surface area contributed by atoms with Gasteiger partial charge in [0.05, 0.1) is 19.8 Å². The Morgan fingerprint density at radius 1 is 1.36 bits per heavy atom. The molecule has 3 heteroatoms. The molecule has 2 N–H and O–H groups in total. The van der Waals surface area contributed by atoms with Crippen molar-refractivity contribution in [3.05, 3.63) is 35.4 Å². The van der Waals surface area contributed by atoms with Crippen molar-refractivity contribution in [3.8, 4) is 0 Å². The molecule has 0 saturated heterocycles. The van der Waals surface area contributed by atoms with Gasteiger partial charge in [-0.1, -0.05) is 24.3 Å². The first-order valence-corrected chi connectivity index (χ1v) is 4.65. The molecule has 0 unspecified atom stereocenters. The molecule has 0 amide bonds. The van der Waals surface area contributed by atoms with E-state index >= 15 is 0 Å². The first-order chi connectivity index (χ1) is 6.74. The van der Waals surface area contributed by atoms with Gasteiger partial charge in [0.2, 0.25) is 0 Å². The van der Waals surface area contributed by atoms with Crippen LogP contribution in [0.3, 0.4) is 0 Å². The molecule has 14 heavy (non-hydrogen) atoms. The third-order valence-electron chi connectivity index (χ3n) is 2.04. The summed E-state index contributed by atoms with van der Waals surface area (Å²) in [6.45, 7) is 2.41. The zero-order chi connectivity index (χ0) is 10.4. The molecule has 0 aliphatic rings. The van der Waals surface area contributed by atoms with Crippen molar-refractivity contribution in [2.45, 2.75) is 19.6 Å². The molecule has 0 radical (unpaired) electrons. The van der Waals surface area contributed by atoms with Crippen LogP contribution in [-0.4, -0.2) is 29.5 Å². The number of hydrogen-bond donors (Lipinski definition) is 2. The topological polar surface area (TPSA) is 49.7 Å². The lowest BCUT2D eigenvalue weighted by molar-refractivity contribution is -0.0000947. The van der Waals surface area contributed by atoms with E-state index in [1.54, 1.807) is 0 Å². The van der Waals surface area contributed by atoms with Crippen LogP contribution in [0.1, 0.15) is 11.1 Å². The summed E-state index contributed by atoms with van der Waals surface area (Å²) < 4.78 is 5.24. The minimum Gasteiger partial charge on any atom is -0.394 e. The number of aliphatic hydroxyl groups is 2. The summed E-state index contributed by atoms with van der Waals surface area (Å²) in [4.78, 5) is 0. The number of hydrogen-bond acceptors (Lipinski definition) is 3. The van der Waals surface area contributed by atoms with Crippen molar-refractivity contribution in [2.24, 2.45) is 0 Å². The van der Waals surface area contributed by atoms with Gasteiger partial charge in [-0.05, 0) is 18.1 Å². The zero-order valence-corrected chi connectivity index (χ0v) is 8.31. The van der Waals surface area contributed by atoms with Gasteiger partial charge in [0.1, 0.15) is 6.10 Å². The molecule has 0 fully saturated rings. The Morgan fingerprint density at radius 2 is 2.07 bits per heavy atom. The van der Waals surface area contributed by atoms with Crippen LogP contribution in [0.5, 0.6) is 0 Å². The lowest BCUT2D eigenvalue weighted by Gasteiger charge is -2.09. The fourth-order valence-electron chi connectivity index (χ4n) is 1.13. The van der Waals surface area contributed by atoms with Gasteiger partial charge < -0.3 is 14.9 Å². The molecule has 0 aromatic heterocycles. The van der Waals surface area contributed by atoms with Crippen molar-refractivity contribution in [3.63, 3.8) is 0 Å². The Labute approximate surface area is 84.0 Å². The monoisotopic (exact) mass is 196 g/mol. The molecule has 0 aliphatic heterocycles. The summed E-state index contributed by atoms with van der Waals surface area (Å²) in [5, 5.41) is 17.6. The van der Waals surface area contributed by atoms with Gasteiger partial charge >= 0.3 is 0 Å². The third kappa shape index (κ3) is 3.46. The number of aryl methyl sites for hydroxylation is 1. The maximum Gasteiger partial charge on any atom is 0.100 e. The van der Waals surface area contributed by atoms with E-state index in [1.807, 2.05) is 31.2 Å². The highest BCUT2D eigenvalue weighted by Gasteiger charge is 2.02. The maximum atomic E-state index is 9.03. The van der Waals surface area contributed by atoms with Crippen LogP contribution in [0.15, 0.2) is 24.3 Å². The van der Waals surface area contributed by atoms with Gasteiger partial charge in [-0.2, -0.15) is 0 Å². The Hall–Kier alpha value is -0.900. The summed E-state index contributed by atoms with van der Waals surface area (Å²) in [6, 6.07) is 7.93. The predicted molar refractivity (Wildman–Crippen MR) is 53.9 cm³/mol. The van der Waals surface area contributed by atoms with E-state index in [4.69, 9.17) is 14.9 Å². The Balaban J connectivity index is 2.35. The number of aliphatic hydroxyl groups excluding tert-OH is 2. The average molecular weight is 196 g/mol. The molecule has 1 rings (SSSR count). The lowest BCUT2D eigenvalue weighted by atomic mass is 10.1. The van der Waals surface area contributed by atoms with E-state index < -0.39 is 6.10 Å². The predicted octanol–water partition coefficient (Wildman–Crippen LogP) is 0.865. The van der Waals surface area contributed by atoms with Gasteiger partial charge in [0.25, 0.3) is 0 Å². The number of rotatable bonds is 5. The maximum absolute atomic E-state index is 9.03. The van der Waals surface area contributed by atoms with Crippen LogP contribution in [0.2, 0.25) is 0 Å². The van der Waals surface area contributed by atoms with Gasteiger partial charge in [-0.15, -0.1) is 0 Å². The highest BCUT2D eigenvalue weighted by Crippen LogP contribution is 2.08. The standard InChI is InChI=1S/C11H16O3/c1-9-4-2-3-5-10(9)7-14-8-11(13)6-12/h2-5,11-13H,6-8H2,1H3/t11-/m0/s1. The van der Waals surface area contributed by atoms with Crippen molar-refractivity contribution in [2.75, 3.05) is 13.2 Å². The quantitative estimate of drug-likeness (QED) is 0.734. The Morgan fingerprint density at radius 3 is 2.71 bits per heavy atom. The van der Waals surface area contributed by atoms with Gasteiger partial charge in [0.15, 0.2) is 0 Å². The van der Waals surface area contributed by atoms with Gasteiger partial charge in [-0.25, -0.2) is 0 Å². The molecule has 1 atom stereocenters. The number of ether oxygens (including phenoxy) is 1. The summed E-state index contributed by atoms with van der Waals surface area (Å²) in [5.41, 5.74) is 2.28. The first kappa shape index (κ1) is 11.2. The zero-order valence-electron chi connectivity index (χ0n) is 8.31. The van der Waals surface area contributed by atoms with Crippen LogP contribution in [0.4, 0.5) is 0 Å². The largest absolute Gasteiger partial charge is 0.394 e. The van der Waals surface area contributed by atoms with Crippen molar-refractivity contribution >= 4 is 0 Å². The van der Waals surface area contributed by atoms with E-state index in [1.165, 1.54) is 5.56 Å². The molecular weight excluding hydrogens is 180 g/mol. The van der Waals surface area contributed by atoms with E-state index in [2.05, 4.69) is 0 Å². The molecular formula is C11H16O3. The second-order valence-corrected chi connectivity index (χ2v) is 3.28. The Bertz CT molecular complexity index is 273. The second kappa shape index (κ2) is 5.75. The van der Waals surface area contributed by atoms with E-state index in [0.29, 0.717) is 6.61 Å². The summed E-state index contributed by atoms with van der Waals surface area (Å²) in [7, 11) is 0. The van der Waals surface area contributed by atoms with Crippen molar-refractivity contribution < 1.29 is 14.9 Å². The highest BCUT2D eigenvalue weighted by atomic mass is 16.5. The molecule has 1 aromatic rings. The molecule has 0 aliphatic carbocycles. The van der Waals surface area contributed by atoms with E-state index in [9.17, 15) is 0 Å². The van der Waals surface area contributed by atoms with Crippen molar-refractivity contribution in [1.82, 2.24) is 0 Å². The minimum absolute atomic E-state index is 0.171. The van der Waals surface area contributed by atoms with E-state index in [0.717, 1.165) is 5.56 Å². The molecule has 0 bridgehead atoms. The normalized spacial score (nSPS) is 12.8. The molecule has 1 aromatic carbocycles. The SMILES string of the molecule is Cc1ccccc1COC[C@@H](O)CO. The fourth-order valence-corrected chi connectivity index (χ4v) is 1.13. The molecule has 3 nitrogen and oxygen atoms in total. The van der Waals surface area contributed by atoms with Gasteiger partial charge in [0, 0.05) is 0 Å². The highest BCUT2D eigenvalue weighted by molar-refractivity contribution is 5.24. The molecule has 0 heterocycles.